The summed E-state index contributed by atoms with van der Waals surface area (Å²) in [4.78, 5) is 4.51. The van der Waals surface area contributed by atoms with Gasteiger partial charge in [-0.05, 0) is 32.1 Å². The Morgan fingerprint density at radius 2 is 2.05 bits per heavy atom. The summed E-state index contributed by atoms with van der Waals surface area (Å²) >= 11 is 0. The molecule has 0 radical (unpaired) electrons. The van der Waals surface area contributed by atoms with Crippen LogP contribution in [0.5, 0.6) is 0 Å². The molecule has 0 amide bonds. The summed E-state index contributed by atoms with van der Waals surface area (Å²) in [6.07, 6.45) is 7.82. The van der Waals surface area contributed by atoms with E-state index in [1.807, 2.05) is 6.92 Å². The fourth-order valence-electron chi connectivity index (χ4n) is 2.87. The lowest BCUT2D eigenvalue weighted by Crippen LogP contribution is -2.22. The molecule has 20 heavy (non-hydrogen) atoms. The molecular formula is C15H27N3O2. The van der Waals surface area contributed by atoms with Gasteiger partial charge < -0.3 is 15.0 Å². The summed E-state index contributed by atoms with van der Waals surface area (Å²) in [6.45, 7) is 4.76. The van der Waals surface area contributed by atoms with Gasteiger partial charge in [-0.15, -0.1) is 0 Å². The average Bonchev–Trinajstić information content (AvgIpc) is 2.93. The Hall–Kier alpha value is -0.940. The van der Waals surface area contributed by atoms with Gasteiger partial charge in [0.15, 0.2) is 0 Å². The number of hydrogen-bond donors (Lipinski definition) is 1. The lowest BCUT2D eigenvalue weighted by atomic mass is 9.85. The van der Waals surface area contributed by atoms with Gasteiger partial charge in [0.2, 0.25) is 11.7 Å². The molecule has 0 aromatic carbocycles. The minimum absolute atomic E-state index is 0.0179. The smallest absolute Gasteiger partial charge is 0.228 e. The van der Waals surface area contributed by atoms with Gasteiger partial charge in [0, 0.05) is 19.1 Å². The molecule has 2 rings (SSSR count). The van der Waals surface area contributed by atoms with Gasteiger partial charge in [-0.2, -0.15) is 4.98 Å². The maximum absolute atomic E-state index is 5.93. The van der Waals surface area contributed by atoms with Crippen molar-refractivity contribution in [1.29, 1.82) is 0 Å². The molecule has 0 spiro atoms. The summed E-state index contributed by atoms with van der Waals surface area (Å²) in [6, 6.07) is 0.0866. The van der Waals surface area contributed by atoms with E-state index in [1.54, 1.807) is 0 Å². The lowest BCUT2D eigenvalue weighted by Gasteiger charge is -2.27. The van der Waals surface area contributed by atoms with E-state index in [4.69, 9.17) is 15.0 Å². The summed E-state index contributed by atoms with van der Waals surface area (Å²) < 4.78 is 11.2. The predicted molar refractivity (Wildman–Crippen MR) is 77.2 cm³/mol. The highest BCUT2D eigenvalue weighted by Gasteiger charge is 2.29. The van der Waals surface area contributed by atoms with E-state index >= 15 is 0 Å². The minimum atomic E-state index is -0.0179. The van der Waals surface area contributed by atoms with E-state index in [0.717, 1.165) is 6.42 Å². The third kappa shape index (κ3) is 4.03. The second-order valence-electron chi connectivity index (χ2n) is 5.69. The van der Waals surface area contributed by atoms with Crippen molar-refractivity contribution in [3.63, 3.8) is 0 Å². The van der Waals surface area contributed by atoms with E-state index in [0.29, 0.717) is 30.7 Å². The molecular weight excluding hydrogens is 254 g/mol. The first kappa shape index (κ1) is 15.4. The molecule has 5 heteroatoms. The monoisotopic (exact) mass is 281 g/mol. The Kier molecular flexibility index (Phi) is 5.98. The zero-order chi connectivity index (χ0) is 14.4. The van der Waals surface area contributed by atoms with Gasteiger partial charge >= 0.3 is 0 Å². The number of rotatable bonds is 7. The van der Waals surface area contributed by atoms with Crippen molar-refractivity contribution in [2.75, 3.05) is 6.61 Å². The van der Waals surface area contributed by atoms with Gasteiger partial charge in [0.25, 0.3) is 0 Å². The predicted octanol–water partition coefficient (Wildman–Crippen LogP) is 3.01. The van der Waals surface area contributed by atoms with Crippen LogP contribution in [0.2, 0.25) is 0 Å². The summed E-state index contributed by atoms with van der Waals surface area (Å²) in [5.41, 5.74) is 5.93. The van der Waals surface area contributed by atoms with Crippen LogP contribution in [0.1, 0.15) is 70.2 Å². The molecule has 1 aliphatic carbocycles. The first-order chi connectivity index (χ1) is 9.74. The Morgan fingerprint density at radius 3 is 2.70 bits per heavy atom. The van der Waals surface area contributed by atoms with Crippen molar-refractivity contribution in [2.24, 2.45) is 11.7 Å². The van der Waals surface area contributed by atoms with Crippen LogP contribution in [-0.4, -0.2) is 22.8 Å². The number of aromatic nitrogens is 2. The van der Waals surface area contributed by atoms with Gasteiger partial charge in [-0.3, -0.25) is 0 Å². The van der Waals surface area contributed by atoms with Crippen LogP contribution in [0.25, 0.3) is 0 Å². The third-order valence-electron chi connectivity index (χ3n) is 4.12. The van der Waals surface area contributed by atoms with Crippen LogP contribution in [0.15, 0.2) is 4.52 Å². The van der Waals surface area contributed by atoms with Crippen LogP contribution in [0, 0.1) is 5.92 Å². The van der Waals surface area contributed by atoms with Crippen molar-refractivity contribution >= 4 is 0 Å². The van der Waals surface area contributed by atoms with Crippen LogP contribution in [-0.2, 0) is 11.2 Å². The maximum Gasteiger partial charge on any atom is 0.228 e. The summed E-state index contributed by atoms with van der Waals surface area (Å²) in [5.74, 6) is 1.86. The number of ether oxygens (including phenoxy) is 1. The Labute approximate surface area is 121 Å². The molecule has 1 aliphatic rings. The molecule has 2 N–H and O–H groups in total. The van der Waals surface area contributed by atoms with Crippen molar-refractivity contribution in [3.05, 3.63) is 11.7 Å². The number of hydrogen-bond acceptors (Lipinski definition) is 5. The Balaban J connectivity index is 2.04. The van der Waals surface area contributed by atoms with E-state index < -0.39 is 0 Å². The molecule has 5 nitrogen and oxygen atoms in total. The quantitative estimate of drug-likeness (QED) is 0.831. The van der Waals surface area contributed by atoms with Crippen LogP contribution >= 0.6 is 0 Å². The fraction of sp³-hybridized carbons (Fsp3) is 0.867. The molecule has 2 atom stereocenters. The summed E-state index contributed by atoms with van der Waals surface area (Å²) in [5, 5.41) is 4.13. The van der Waals surface area contributed by atoms with E-state index in [9.17, 15) is 0 Å². The van der Waals surface area contributed by atoms with Gasteiger partial charge in [-0.25, -0.2) is 0 Å². The molecule has 114 valence electrons. The second kappa shape index (κ2) is 7.74. The van der Waals surface area contributed by atoms with Crippen LogP contribution in [0.4, 0.5) is 0 Å². The van der Waals surface area contributed by atoms with E-state index in [-0.39, 0.29) is 12.1 Å². The van der Waals surface area contributed by atoms with Gasteiger partial charge in [0.05, 0.1) is 0 Å². The molecule has 1 saturated carbocycles. The van der Waals surface area contributed by atoms with Crippen molar-refractivity contribution in [2.45, 2.75) is 70.9 Å². The van der Waals surface area contributed by atoms with E-state index in [2.05, 4.69) is 17.1 Å². The molecule has 0 bridgehead atoms. The van der Waals surface area contributed by atoms with Gasteiger partial charge in [-0.1, -0.05) is 31.3 Å². The molecule has 1 fully saturated rings. The van der Waals surface area contributed by atoms with Crippen molar-refractivity contribution in [3.8, 4) is 0 Å². The molecule has 0 aliphatic heterocycles. The Bertz CT molecular complexity index is 388. The normalized spacial score (nSPS) is 19.9. The van der Waals surface area contributed by atoms with E-state index in [1.165, 1.54) is 32.1 Å². The number of nitrogens with zero attached hydrogens (tertiary/aromatic N) is 2. The molecule has 0 saturated heterocycles. The first-order valence-corrected chi connectivity index (χ1v) is 7.94. The highest BCUT2D eigenvalue weighted by molar-refractivity contribution is 4.96. The topological polar surface area (TPSA) is 74.2 Å². The molecule has 2 unspecified atom stereocenters. The fourth-order valence-corrected chi connectivity index (χ4v) is 2.87. The lowest BCUT2D eigenvalue weighted by molar-refractivity contribution is -0.00145. The zero-order valence-corrected chi connectivity index (χ0v) is 12.7. The molecule has 1 aromatic rings. The second-order valence-corrected chi connectivity index (χ2v) is 5.69. The van der Waals surface area contributed by atoms with Crippen molar-refractivity contribution in [1.82, 2.24) is 10.1 Å². The third-order valence-corrected chi connectivity index (χ3v) is 4.12. The highest BCUT2D eigenvalue weighted by atomic mass is 16.5. The molecule has 1 aromatic heterocycles. The average molecular weight is 281 g/mol. The summed E-state index contributed by atoms with van der Waals surface area (Å²) in [7, 11) is 0. The highest BCUT2D eigenvalue weighted by Crippen LogP contribution is 2.35. The molecule has 1 heterocycles. The van der Waals surface area contributed by atoms with Gasteiger partial charge in [0.1, 0.15) is 6.10 Å². The Morgan fingerprint density at radius 1 is 1.30 bits per heavy atom. The van der Waals surface area contributed by atoms with Crippen molar-refractivity contribution < 1.29 is 9.26 Å². The van der Waals surface area contributed by atoms with Crippen LogP contribution in [0.3, 0.4) is 0 Å². The zero-order valence-electron chi connectivity index (χ0n) is 12.7. The minimum Gasteiger partial charge on any atom is -0.370 e. The maximum atomic E-state index is 5.93. The van der Waals surface area contributed by atoms with Crippen LogP contribution < -0.4 is 5.73 Å². The largest absolute Gasteiger partial charge is 0.370 e. The number of nitrogens with two attached hydrogens (primary N) is 1. The standard InChI is InChI=1S/C15H27N3O2/c1-3-12(16)10-13-17-15(18-20-13)14(19-4-2)11-8-6-5-7-9-11/h11-12,14H,3-10,16H2,1-2H3. The SMILES string of the molecule is CCOC(c1noc(CC(N)CC)n1)C1CCCCC1. The first-order valence-electron chi connectivity index (χ1n) is 7.94.